The van der Waals surface area contributed by atoms with Crippen LogP contribution < -0.4 is 15.5 Å². The number of hydrogen-bond donors (Lipinski definition) is 1. The van der Waals surface area contributed by atoms with Gasteiger partial charge in [-0.1, -0.05) is 123 Å². The van der Waals surface area contributed by atoms with Crippen LogP contribution in [0.1, 0.15) is 96.5 Å². The Balaban J connectivity index is 0. The molecule has 0 unspecified atom stereocenters. The van der Waals surface area contributed by atoms with Gasteiger partial charge in [-0.3, -0.25) is 19.2 Å². The first-order valence-electron chi connectivity index (χ1n) is 16.8. The number of amides is 1. The molecule has 1 aromatic heterocycles. The molecule has 1 N–H and O–H groups in total. The number of anilines is 1. The number of aromatic nitrogens is 1. The van der Waals surface area contributed by atoms with Crippen molar-refractivity contribution in [3.8, 4) is 5.75 Å². The Kier molecular flexibility index (Phi) is 30.6. The number of hydroxylamine groups is 1. The van der Waals surface area contributed by atoms with Gasteiger partial charge < -0.3 is 14.7 Å². The van der Waals surface area contributed by atoms with Gasteiger partial charge in [-0.15, -0.1) is 4.73 Å². The molecule has 0 saturated heterocycles. The van der Waals surface area contributed by atoms with Crippen LogP contribution in [0.2, 0.25) is 0 Å². The average Bonchev–Trinajstić information content (AvgIpc) is 3.09. The first kappa shape index (κ1) is 49.8. The van der Waals surface area contributed by atoms with Crippen molar-refractivity contribution in [2.45, 2.75) is 87.0 Å². The minimum absolute atomic E-state index is 0.112. The second kappa shape index (κ2) is 31.4. The SMILES string of the molecule is CCCCON(C(=O)CC(C)=O)c1ccccc1CC.CCCCOn1c(=O)c(C(=O)OCC)c(O)c2ccccc21.CCI.CCI.O=C=O. The topological polar surface area (TPSA) is 159 Å². The van der Waals surface area contributed by atoms with E-state index in [2.05, 4.69) is 66.0 Å². The number of fused-ring (bicyclic) bond motifs is 1. The van der Waals surface area contributed by atoms with E-state index in [0.717, 1.165) is 48.1 Å². The molecule has 0 aliphatic heterocycles. The molecule has 0 atom stereocenters. The molecule has 12 nitrogen and oxygen atoms in total. The zero-order chi connectivity index (χ0) is 39.2. The number of nitrogens with zero attached hydrogens (tertiary/aromatic N) is 2. The van der Waals surface area contributed by atoms with Crippen molar-refractivity contribution >= 4 is 85.6 Å². The van der Waals surface area contributed by atoms with Crippen LogP contribution in [0, 0.1) is 0 Å². The lowest BCUT2D eigenvalue weighted by atomic mass is 10.1. The normalized spacial score (nSPS) is 9.51. The maximum Gasteiger partial charge on any atom is 0.373 e. The average molecular weight is 939 g/mol. The van der Waals surface area contributed by atoms with E-state index >= 15 is 0 Å². The highest BCUT2D eigenvalue weighted by atomic mass is 127. The molecule has 0 spiro atoms. The maximum absolute atomic E-state index is 12.5. The number of halogens is 2. The van der Waals surface area contributed by atoms with Crippen molar-refractivity contribution in [2.24, 2.45) is 0 Å². The highest BCUT2D eigenvalue weighted by Crippen LogP contribution is 2.26. The van der Waals surface area contributed by atoms with E-state index in [1.807, 2.05) is 38.1 Å². The fourth-order valence-corrected chi connectivity index (χ4v) is 3.98. The van der Waals surface area contributed by atoms with Crippen LogP contribution in [-0.2, 0) is 35.2 Å². The van der Waals surface area contributed by atoms with Gasteiger partial charge in [0.15, 0.2) is 5.56 Å². The monoisotopic (exact) mass is 938 g/mol. The largest absolute Gasteiger partial charge is 0.506 e. The second-order valence-electron chi connectivity index (χ2n) is 10.1. The van der Waals surface area contributed by atoms with E-state index < -0.39 is 17.1 Å². The second-order valence-corrected chi connectivity index (χ2v) is 13.2. The summed E-state index contributed by atoms with van der Waals surface area (Å²) >= 11 is 4.58. The van der Waals surface area contributed by atoms with Gasteiger partial charge in [-0.2, -0.15) is 14.7 Å². The molecule has 14 heteroatoms. The molecular formula is C37H52I2N2O10. The first-order chi connectivity index (χ1) is 24.5. The summed E-state index contributed by atoms with van der Waals surface area (Å²) < 4.78 is 8.34. The fourth-order valence-electron chi connectivity index (χ4n) is 3.98. The number of aryl methyl sites for hydroxylation is 1. The summed E-state index contributed by atoms with van der Waals surface area (Å²) in [6.07, 6.45) is 4.47. The number of carbonyl (C=O) groups is 3. The quantitative estimate of drug-likeness (QED) is 0.0424. The Morgan fingerprint density at radius 1 is 0.863 bits per heavy atom. The Hall–Kier alpha value is -3.34. The predicted octanol–water partition coefficient (Wildman–Crippen LogP) is 7.70. The van der Waals surface area contributed by atoms with Crippen molar-refractivity contribution in [1.82, 2.24) is 4.73 Å². The van der Waals surface area contributed by atoms with Crippen molar-refractivity contribution in [3.05, 3.63) is 70.0 Å². The van der Waals surface area contributed by atoms with Crippen LogP contribution in [0.4, 0.5) is 5.69 Å². The zero-order valence-corrected chi connectivity index (χ0v) is 35.0. The minimum atomic E-state index is -0.858. The molecule has 0 bridgehead atoms. The smallest absolute Gasteiger partial charge is 0.373 e. The maximum atomic E-state index is 12.5. The molecular weight excluding hydrogens is 886 g/mol. The molecule has 0 fully saturated rings. The Bertz CT molecular complexity index is 1540. The molecule has 51 heavy (non-hydrogen) atoms. The summed E-state index contributed by atoms with van der Waals surface area (Å²) in [5, 5.41) is 11.9. The first-order valence-corrected chi connectivity index (χ1v) is 19.8. The Labute approximate surface area is 328 Å². The summed E-state index contributed by atoms with van der Waals surface area (Å²) in [7, 11) is 0. The van der Waals surface area contributed by atoms with Crippen LogP contribution >= 0.6 is 45.2 Å². The third kappa shape index (κ3) is 19.2. The minimum Gasteiger partial charge on any atom is -0.506 e. The molecule has 1 amide bonds. The van der Waals surface area contributed by atoms with Gasteiger partial charge in [-0.05, 0) is 65.7 Å². The third-order valence-corrected chi connectivity index (χ3v) is 6.15. The number of para-hydroxylation sites is 2. The number of unbranched alkanes of at least 4 members (excludes halogenated alkanes) is 2. The summed E-state index contributed by atoms with van der Waals surface area (Å²) in [6.45, 7) is 14.3. The van der Waals surface area contributed by atoms with Gasteiger partial charge in [-0.25, -0.2) is 4.79 Å². The van der Waals surface area contributed by atoms with Gasteiger partial charge in [0.2, 0.25) is 0 Å². The van der Waals surface area contributed by atoms with E-state index in [1.54, 1.807) is 31.2 Å². The number of benzene rings is 2. The van der Waals surface area contributed by atoms with Crippen molar-refractivity contribution < 1.29 is 43.5 Å². The summed E-state index contributed by atoms with van der Waals surface area (Å²) in [5.41, 5.74) is 1.05. The molecule has 284 valence electrons. The Morgan fingerprint density at radius 2 is 1.39 bits per heavy atom. The number of aromatic hydroxyl groups is 1. The highest BCUT2D eigenvalue weighted by molar-refractivity contribution is 14.1. The number of Topliss-reactive ketones (excluding diaryl/α,β-unsaturated/α-hetero) is 1. The number of hydrogen-bond acceptors (Lipinski definition) is 10. The van der Waals surface area contributed by atoms with Gasteiger partial charge in [0, 0.05) is 5.39 Å². The van der Waals surface area contributed by atoms with Crippen LogP contribution in [-0.4, -0.2) is 62.3 Å². The number of esters is 1. The van der Waals surface area contributed by atoms with E-state index in [-0.39, 0.29) is 36.6 Å². The van der Waals surface area contributed by atoms with Gasteiger partial charge >= 0.3 is 17.7 Å². The van der Waals surface area contributed by atoms with Crippen LogP contribution in [0.15, 0.2) is 53.3 Å². The molecule has 0 saturated carbocycles. The van der Waals surface area contributed by atoms with E-state index in [0.29, 0.717) is 24.1 Å². The molecule has 0 aliphatic carbocycles. The molecule has 1 heterocycles. The van der Waals surface area contributed by atoms with Gasteiger partial charge in [0.1, 0.15) is 18.1 Å². The summed E-state index contributed by atoms with van der Waals surface area (Å²) in [4.78, 5) is 75.2. The highest BCUT2D eigenvalue weighted by Gasteiger charge is 2.24. The number of rotatable bonds is 14. The molecule has 3 rings (SSSR count). The zero-order valence-electron chi connectivity index (χ0n) is 30.7. The van der Waals surface area contributed by atoms with Crippen molar-refractivity contribution in [1.29, 1.82) is 0 Å². The molecule has 3 aromatic rings. The number of pyridine rings is 1. The Morgan fingerprint density at radius 3 is 1.92 bits per heavy atom. The lowest BCUT2D eigenvalue weighted by Crippen LogP contribution is -2.33. The van der Waals surface area contributed by atoms with E-state index in [4.69, 9.17) is 24.0 Å². The summed E-state index contributed by atoms with van der Waals surface area (Å²) in [6, 6.07) is 14.3. The number of ether oxygens (including phenoxy) is 1. The predicted molar refractivity (Wildman–Crippen MR) is 216 cm³/mol. The van der Waals surface area contributed by atoms with Gasteiger partial charge in [0.25, 0.3) is 5.91 Å². The van der Waals surface area contributed by atoms with Crippen LogP contribution in [0.25, 0.3) is 10.9 Å². The van der Waals surface area contributed by atoms with E-state index in [9.17, 15) is 24.3 Å². The lowest BCUT2D eigenvalue weighted by molar-refractivity contribution is -0.191. The van der Waals surface area contributed by atoms with Gasteiger partial charge in [0.05, 0.1) is 30.8 Å². The summed E-state index contributed by atoms with van der Waals surface area (Å²) in [5.74, 6) is -1.71. The lowest BCUT2D eigenvalue weighted by Gasteiger charge is -2.23. The third-order valence-electron chi connectivity index (χ3n) is 6.15. The van der Waals surface area contributed by atoms with E-state index in [1.165, 1.54) is 20.8 Å². The fraction of sp³-hybridized carbons (Fsp3) is 0.486. The van der Waals surface area contributed by atoms with Crippen molar-refractivity contribution in [3.63, 3.8) is 0 Å². The molecule has 0 radical (unpaired) electrons. The van der Waals surface area contributed by atoms with Crippen LogP contribution in [0.3, 0.4) is 0 Å². The van der Waals surface area contributed by atoms with Crippen molar-refractivity contribution in [2.75, 3.05) is 33.7 Å². The standard InChI is InChI=1S/C16H19NO5.C16H23NO3.2C2H5I.CO2/c1-3-5-10-22-17-12-9-7-6-8-11(12)14(18)13(15(17)19)16(20)21-4-2;1-4-6-11-20-17(16(19)12-13(3)18)15-10-8-7-9-14(15)5-2;2*1-2-3;2-1-3/h6-9,18H,3-5,10H2,1-2H3;7-10H,4-6,11-12H2,1-3H3;2*2H2,1H3;. The number of alkyl halides is 2. The number of carbonyl (C=O) groups excluding carboxylic acids is 5. The number of ketones is 1. The van der Waals surface area contributed by atoms with Crippen LogP contribution in [0.5, 0.6) is 5.75 Å². The molecule has 0 aliphatic rings. The molecule has 2 aromatic carbocycles.